The Kier molecular flexibility index (Phi) is 3.46. The van der Waals surface area contributed by atoms with Crippen molar-refractivity contribution in [1.82, 2.24) is 10.2 Å². The Bertz CT molecular complexity index is 422. The van der Waals surface area contributed by atoms with Gasteiger partial charge in [-0.25, -0.2) is 4.79 Å². The third-order valence-electron chi connectivity index (χ3n) is 2.31. The second-order valence-corrected chi connectivity index (χ2v) is 3.56. The van der Waals surface area contributed by atoms with Crippen LogP contribution in [0.15, 0.2) is 12.1 Å². The van der Waals surface area contributed by atoms with E-state index in [4.69, 9.17) is 11.5 Å². The van der Waals surface area contributed by atoms with Crippen LogP contribution in [-0.2, 0) is 0 Å². The molecule has 5 nitrogen and oxygen atoms in total. The van der Waals surface area contributed by atoms with Crippen LogP contribution in [0, 0.1) is 12.3 Å². The highest BCUT2D eigenvalue weighted by molar-refractivity contribution is 5.85. The van der Waals surface area contributed by atoms with Crippen molar-refractivity contribution in [1.29, 1.82) is 0 Å². The van der Waals surface area contributed by atoms with Gasteiger partial charge in [-0.15, -0.1) is 16.6 Å². The monoisotopic (exact) mass is 219 g/mol. The van der Waals surface area contributed by atoms with Crippen molar-refractivity contribution in [2.24, 2.45) is 0 Å². The number of terminal acetylenes is 1. The zero-order chi connectivity index (χ0) is 12.2. The molecule has 0 saturated heterocycles. The topological polar surface area (TPSA) is 75.1 Å². The molecule has 16 heavy (non-hydrogen) atoms. The molecule has 1 heterocycles. The Hall–Kier alpha value is -2.09. The molecule has 0 saturated carbocycles. The van der Waals surface area contributed by atoms with E-state index in [-0.39, 0.29) is 5.69 Å². The second kappa shape index (κ2) is 4.62. The fourth-order valence-corrected chi connectivity index (χ4v) is 1.02. The number of carbonyl (C=O) groups is 1. The zero-order valence-electron chi connectivity index (χ0n) is 9.19. The number of hydrogen-bond acceptors (Lipinski definition) is 4. The molecule has 84 valence electrons. The van der Waals surface area contributed by atoms with Crippen molar-refractivity contribution >= 4 is 11.8 Å². The Balaban J connectivity index is 2.84. The third-order valence-corrected chi connectivity index (χ3v) is 2.31. The van der Waals surface area contributed by atoms with Crippen LogP contribution in [0.4, 0.5) is 5.82 Å². The lowest BCUT2D eigenvalue weighted by atomic mass is 10.0. The molecule has 0 aliphatic heterocycles. The molecule has 2 N–H and O–H groups in total. The molecule has 0 spiro atoms. The first-order chi connectivity index (χ1) is 7.50. The summed E-state index contributed by atoms with van der Waals surface area (Å²) in [6, 6.07) is 2.92. The maximum absolute atomic E-state index is 10.6. The maximum atomic E-state index is 10.6. The van der Waals surface area contributed by atoms with E-state index in [1.807, 2.05) is 13.8 Å². The van der Waals surface area contributed by atoms with Crippen molar-refractivity contribution < 1.29 is 9.90 Å². The van der Waals surface area contributed by atoms with E-state index >= 15 is 0 Å². The first-order valence-corrected chi connectivity index (χ1v) is 4.83. The Labute approximate surface area is 93.9 Å². The van der Waals surface area contributed by atoms with Crippen LogP contribution in [0.1, 0.15) is 30.8 Å². The summed E-state index contributed by atoms with van der Waals surface area (Å²) in [6.07, 6.45) is 6.12. The van der Waals surface area contributed by atoms with E-state index in [1.54, 1.807) is 6.07 Å². The van der Waals surface area contributed by atoms with Gasteiger partial charge in [-0.2, -0.15) is 0 Å². The molecule has 0 aliphatic rings. The number of hydrogen-bond donors (Lipinski definition) is 2. The van der Waals surface area contributed by atoms with Gasteiger partial charge in [-0.1, -0.05) is 12.8 Å². The fraction of sp³-hybridized carbons (Fsp3) is 0.364. The van der Waals surface area contributed by atoms with E-state index in [0.29, 0.717) is 5.82 Å². The number of carboxylic acids is 1. The predicted octanol–water partition coefficient (Wildman–Crippen LogP) is 1.39. The Morgan fingerprint density at radius 2 is 2.31 bits per heavy atom. The highest BCUT2D eigenvalue weighted by atomic mass is 16.4. The Morgan fingerprint density at radius 3 is 2.69 bits per heavy atom. The van der Waals surface area contributed by atoms with Gasteiger partial charge < -0.3 is 10.4 Å². The van der Waals surface area contributed by atoms with Gasteiger partial charge in [0.05, 0.1) is 5.54 Å². The summed E-state index contributed by atoms with van der Waals surface area (Å²) >= 11 is 0. The molecule has 0 aliphatic carbocycles. The lowest BCUT2D eigenvalue weighted by Crippen LogP contribution is -2.32. The van der Waals surface area contributed by atoms with Gasteiger partial charge in [-0.3, -0.25) is 0 Å². The number of aromatic carboxylic acids is 1. The van der Waals surface area contributed by atoms with E-state index in [0.717, 1.165) is 6.42 Å². The molecule has 1 unspecified atom stereocenters. The van der Waals surface area contributed by atoms with Gasteiger partial charge in [0.25, 0.3) is 0 Å². The molecular formula is C11H13N3O2. The number of nitrogens with zero attached hydrogens (tertiary/aromatic N) is 2. The van der Waals surface area contributed by atoms with Gasteiger partial charge in [0.15, 0.2) is 5.69 Å². The molecule has 0 amide bonds. The first kappa shape index (κ1) is 12.0. The van der Waals surface area contributed by atoms with Crippen molar-refractivity contribution in [3.8, 4) is 12.3 Å². The van der Waals surface area contributed by atoms with Gasteiger partial charge in [0.2, 0.25) is 0 Å². The molecule has 1 aromatic rings. The number of carboxylic acid groups (broad SMARTS) is 1. The standard InChI is InChI=1S/C11H13N3O2/c1-4-11(3,5-2)12-9-7-6-8(10(15)16)13-14-9/h1,6-7H,5H2,2-3H3,(H,12,14)(H,15,16). The van der Waals surface area contributed by atoms with Crippen molar-refractivity contribution in [3.63, 3.8) is 0 Å². The molecule has 0 aromatic carbocycles. The molecule has 0 radical (unpaired) electrons. The van der Waals surface area contributed by atoms with E-state index in [2.05, 4.69) is 21.4 Å². The number of nitrogens with one attached hydrogen (secondary N) is 1. The molecule has 1 atom stereocenters. The average Bonchev–Trinajstić information content (AvgIpc) is 2.29. The molecule has 5 heteroatoms. The minimum Gasteiger partial charge on any atom is -0.476 e. The Morgan fingerprint density at radius 1 is 1.62 bits per heavy atom. The third kappa shape index (κ3) is 2.70. The molecule has 1 aromatic heterocycles. The van der Waals surface area contributed by atoms with Crippen LogP contribution >= 0.6 is 0 Å². The summed E-state index contributed by atoms with van der Waals surface area (Å²) in [7, 11) is 0. The quantitative estimate of drug-likeness (QED) is 0.748. The van der Waals surface area contributed by atoms with Crippen LogP contribution in [0.2, 0.25) is 0 Å². The lowest BCUT2D eigenvalue weighted by molar-refractivity contribution is 0.0689. The normalized spacial score (nSPS) is 13.6. The van der Waals surface area contributed by atoms with Crippen LogP contribution in [0.25, 0.3) is 0 Å². The molecule has 0 bridgehead atoms. The zero-order valence-corrected chi connectivity index (χ0v) is 9.19. The minimum absolute atomic E-state index is 0.0931. The molecule has 0 fully saturated rings. The predicted molar refractivity (Wildman–Crippen MR) is 60.1 cm³/mol. The summed E-state index contributed by atoms with van der Waals surface area (Å²) in [5.74, 6) is 1.98. The van der Waals surface area contributed by atoms with Crippen molar-refractivity contribution in [3.05, 3.63) is 17.8 Å². The highest BCUT2D eigenvalue weighted by Gasteiger charge is 2.18. The first-order valence-electron chi connectivity index (χ1n) is 4.83. The van der Waals surface area contributed by atoms with E-state index in [9.17, 15) is 4.79 Å². The average molecular weight is 219 g/mol. The van der Waals surface area contributed by atoms with Crippen LogP contribution in [0.5, 0.6) is 0 Å². The highest BCUT2D eigenvalue weighted by Crippen LogP contribution is 2.15. The molecule has 1 rings (SSSR count). The summed E-state index contributed by atoms with van der Waals surface area (Å²) in [4.78, 5) is 10.6. The van der Waals surface area contributed by atoms with Gasteiger partial charge >= 0.3 is 5.97 Å². The summed E-state index contributed by atoms with van der Waals surface area (Å²) in [6.45, 7) is 3.81. The lowest BCUT2D eigenvalue weighted by Gasteiger charge is -2.23. The van der Waals surface area contributed by atoms with Gasteiger partial charge in [-0.05, 0) is 25.5 Å². The van der Waals surface area contributed by atoms with Gasteiger partial charge in [0, 0.05) is 0 Å². The van der Waals surface area contributed by atoms with Crippen molar-refractivity contribution in [2.75, 3.05) is 5.32 Å². The minimum atomic E-state index is -1.10. The largest absolute Gasteiger partial charge is 0.476 e. The van der Waals surface area contributed by atoms with Crippen LogP contribution in [0.3, 0.4) is 0 Å². The van der Waals surface area contributed by atoms with Crippen molar-refractivity contribution in [2.45, 2.75) is 25.8 Å². The number of anilines is 1. The van der Waals surface area contributed by atoms with E-state index in [1.165, 1.54) is 6.07 Å². The number of rotatable bonds is 4. The van der Waals surface area contributed by atoms with E-state index < -0.39 is 11.5 Å². The summed E-state index contributed by atoms with van der Waals surface area (Å²) < 4.78 is 0. The smallest absolute Gasteiger partial charge is 0.356 e. The van der Waals surface area contributed by atoms with Gasteiger partial charge in [0.1, 0.15) is 5.82 Å². The van der Waals surface area contributed by atoms with Crippen LogP contribution < -0.4 is 5.32 Å². The second-order valence-electron chi connectivity index (χ2n) is 3.56. The maximum Gasteiger partial charge on any atom is 0.356 e. The van der Waals surface area contributed by atoms with Crippen LogP contribution in [-0.4, -0.2) is 26.8 Å². The fourth-order valence-electron chi connectivity index (χ4n) is 1.02. The molecular weight excluding hydrogens is 206 g/mol. The SMILES string of the molecule is C#CC(C)(CC)Nc1ccc(C(=O)O)nn1. The summed E-state index contributed by atoms with van der Waals surface area (Å²) in [5.41, 5.74) is -0.594. The number of aromatic nitrogens is 2. The summed E-state index contributed by atoms with van der Waals surface area (Å²) in [5, 5.41) is 19.0.